The van der Waals surface area contributed by atoms with Crippen molar-refractivity contribution in [3.8, 4) is 0 Å². The molecule has 1 fully saturated rings. The number of amides is 1. The smallest absolute Gasteiger partial charge is 0.256 e. The monoisotopic (exact) mass is 361 g/mol. The summed E-state index contributed by atoms with van der Waals surface area (Å²) in [7, 11) is 1.61. The van der Waals surface area contributed by atoms with Crippen molar-refractivity contribution in [2.24, 2.45) is 0 Å². The summed E-state index contributed by atoms with van der Waals surface area (Å²) in [6.07, 6.45) is 1.37. The molecule has 1 heterocycles. The normalized spacial score (nSPS) is 15.7. The minimum atomic E-state index is -0.730. The Bertz CT molecular complexity index is 671. The molecule has 0 radical (unpaired) electrons. The zero-order valence-electron chi connectivity index (χ0n) is 14.2. The van der Waals surface area contributed by atoms with Crippen molar-refractivity contribution in [1.82, 2.24) is 5.32 Å². The van der Waals surface area contributed by atoms with Gasteiger partial charge in [0.2, 0.25) is 0 Å². The van der Waals surface area contributed by atoms with Crippen molar-refractivity contribution >= 4 is 35.4 Å². The molecule has 1 aliphatic heterocycles. The van der Waals surface area contributed by atoms with E-state index in [2.05, 4.69) is 16.0 Å². The molecule has 3 N–H and O–H groups in total. The van der Waals surface area contributed by atoms with Crippen LogP contribution < -0.4 is 16.0 Å². The molecule has 0 atom stereocenters. The third-order valence-corrected chi connectivity index (χ3v) is 4.42. The number of halogens is 1. The molecular formula is C19H24ClN3O2. The quantitative estimate of drug-likeness (QED) is 0.762. The average Bonchev–Trinajstić information content (AvgIpc) is 2.64. The molecule has 3 rings (SSSR count). The van der Waals surface area contributed by atoms with Crippen LogP contribution in [-0.2, 0) is 9.53 Å². The lowest BCUT2D eigenvalue weighted by atomic mass is 9.91. The van der Waals surface area contributed by atoms with Gasteiger partial charge in [-0.1, -0.05) is 18.2 Å². The van der Waals surface area contributed by atoms with E-state index in [4.69, 9.17) is 4.74 Å². The van der Waals surface area contributed by atoms with Crippen LogP contribution in [0, 0.1) is 0 Å². The standard InChI is InChI=1S/C19H23N3O2.ClH/c1-24-19(11-13-20-14-12-19)18(23)22-17-9-7-16(8-10-17)21-15-5-3-2-4-6-15;/h2-10,20-21H,11-14H2,1H3,(H,22,23);1H. The van der Waals surface area contributed by atoms with Crippen LogP contribution in [0.4, 0.5) is 17.1 Å². The molecule has 6 heteroatoms. The van der Waals surface area contributed by atoms with E-state index in [9.17, 15) is 4.79 Å². The van der Waals surface area contributed by atoms with Crippen LogP contribution in [0.25, 0.3) is 0 Å². The number of ether oxygens (including phenoxy) is 1. The molecule has 0 saturated carbocycles. The Kier molecular flexibility index (Phi) is 6.82. The zero-order chi connectivity index (χ0) is 16.8. The Labute approximate surface area is 154 Å². The fourth-order valence-electron chi connectivity index (χ4n) is 2.92. The lowest BCUT2D eigenvalue weighted by molar-refractivity contribution is -0.140. The molecule has 0 spiro atoms. The van der Waals surface area contributed by atoms with Crippen molar-refractivity contribution in [1.29, 1.82) is 0 Å². The lowest BCUT2D eigenvalue weighted by Crippen LogP contribution is -2.51. The Morgan fingerprint density at radius 3 is 2.12 bits per heavy atom. The van der Waals surface area contributed by atoms with Gasteiger partial charge in [-0.2, -0.15) is 0 Å². The van der Waals surface area contributed by atoms with Crippen molar-refractivity contribution < 1.29 is 9.53 Å². The van der Waals surface area contributed by atoms with Crippen LogP contribution in [0.5, 0.6) is 0 Å². The largest absolute Gasteiger partial charge is 0.368 e. The highest BCUT2D eigenvalue weighted by Crippen LogP contribution is 2.25. The highest BCUT2D eigenvalue weighted by atomic mass is 35.5. The molecule has 134 valence electrons. The number of hydrogen-bond acceptors (Lipinski definition) is 4. The predicted molar refractivity (Wildman–Crippen MR) is 104 cm³/mol. The number of rotatable bonds is 5. The van der Waals surface area contributed by atoms with Gasteiger partial charge in [0.05, 0.1) is 0 Å². The topological polar surface area (TPSA) is 62.4 Å². The number of hydrogen-bond donors (Lipinski definition) is 3. The molecule has 0 unspecified atom stereocenters. The van der Waals surface area contributed by atoms with Gasteiger partial charge in [0.25, 0.3) is 5.91 Å². The van der Waals surface area contributed by atoms with Crippen LogP contribution in [-0.4, -0.2) is 31.7 Å². The first-order valence-corrected chi connectivity index (χ1v) is 8.21. The highest BCUT2D eigenvalue weighted by molar-refractivity contribution is 5.97. The number of piperidine rings is 1. The first kappa shape index (κ1) is 19.2. The van der Waals surface area contributed by atoms with E-state index in [1.807, 2.05) is 54.6 Å². The maximum Gasteiger partial charge on any atom is 0.256 e. The fraction of sp³-hybridized carbons (Fsp3) is 0.316. The van der Waals surface area contributed by atoms with Gasteiger partial charge in [0, 0.05) is 24.2 Å². The first-order chi connectivity index (χ1) is 11.7. The SMILES string of the molecule is COC1(C(=O)Nc2ccc(Nc3ccccc3)cc2)CCNCC1.Cl. The summed E-state index contributed by atoms with van der Waals surface area (Å²) in [6, 6.07) is 17.7. The molecular weight excluding hydrogens is 338 g/mol. The molecule has 0 aliphatic carbocycles. The Morgan fingerprint density at radius 1 is 0.960 bits per heavy atom. The summed E-state index contributed by atoms with van der Waals surface area (Å²) in [4.78, 5) is 12.6. The molecule has 0 aromatic heterocycles. The Balaban J connectivity index is 0.00000225. The number of carbonyl (C=O) groups is 1. The average molecular weight is 362 g/mol. The summed E-state index contributed by atoms with van der Waals surface area (Å²) in [5.74, 6) is -0.0738. The van der Waals surface area contributed by atoms with E-state index < -0.39 is 5.60 Å². The van der Waals surface area contributed by atoms with Crippen molar-refractivity contribution in [2.45, 2.75) is 18.4 Å². The van der Waals surface area contributed by atoms with E-state index >= 15 is 0 Å². The van der Waals surface area contributed by atoms with Crippen LogP contribution in [0.1, 0.15) is 12.8 Å². The number of benzene rings is 2. The summed E-state index contributed by atoms with van der Waals surface area (Å²) < 4.78 is 5.55. The van der Waals surface area contributed by atoms with E-state index in [0.717, 1.165) is 30.2 Å². The number of methoxy groups -OCH3 is 1. The summed E-state index contributed by atoms with van der Waals surface area (Å²) in [5.41, 5.74) is 2.05. The summed E-state index contributed by atoms with van der Waals surface area (Å²) >= 11 is 0. The molecule has 2 aromatic carbocycles. The summed E-state index contributed by atoms with van der Waals surface area (Å²) in [5, 5.41) is 9.55. The van der Waals surface area contributed by atoms with Crippen LogP contribution in [0.3, 0.4) is 0 Å². The number of carbonyl (C=O) groups excluding carboxylic acids is 1. The zero-order valence-corrected chi connectivity index (χ0v) is 15.1. The second-order valence-electron chi connectivity index (χ2n) is 5.97. The van der Waals surface area contributed by atoms with Gasteiger partial charge in [-0.05, 0) is 62.3 Å². The van der Waals surface area contributed by atoms with E-state index in [-0.39, 0.29) is 18.3 Å². The second kappa shape index (κ2) is 8.85. The molecule has 1 amide bonds. The molecule has 5 nitrogen and oxygen atoms in total. The van der Waals surface area contributed by atoms with E-state index in [0.29, 0.717) is 12.8 Å². The molecule has 1 aliphatic rings. The van der Waals surface area contributed by atoms with Gasteiger partial charge in [0.15, 0.2) is 0 Å². The first-order valence-electron chi connectivity index (χ1n) is 8.21. The Hall–Kier alpha value is -2.08. The fourth-order valence-corrected chi connectivity index (χ4v) is 2.92. The van der Waals surface area contributed by atoms with Crippen molar-refractivity contribution in [3.05, 3.63) is 54.6 Å². The van der Waals surface area contributed by atoms with Gasteiger partial charge in [-0.3, -0.25) is 4.79 Å². The highest BCUT2D eigenvalue weighted by Gasteiger charge is 2.39. The third kappa shape index (κ3) is 4.72. The molecule has 0 bridgehead atoms. The van der Waals surface area contributed by atoms with E-state index in [1.54, 1.807) is 7.11 Å². The van der Waals surface area contributed by atoms with Gasteiger partial charge >= 0.3 is 0 Å². The van der Waals surface area contributed by atoms with Gasteiger partial charge in [-0.25, -0.2) is 0 Å². The number of anilines is 3. The van der Waals surface area contributed by atoms with Crippen LogP contribution in [0.2, 0.25) is 0 Å². The predicted octanol–water partition coefficient (Wildman–Crippen LogP) is 3.56. The van der Waals surface area contributed by atoms with Gasteiger partial charge in [0.1, 0.15) is 5.60 Å². The van der Waals surface area contributed by atoms with Crippen LogP contribution in [0.15, 0.2) is 54.6 Å². The van der Waals surface area contributed by atoms with E-state index in [1.165, 1.54) is 0 Å². The lowest BCUT2D eigenvalue weighted by Gasteiger charge is -2.34. The van der Waals surface area contributed by atoms with Gasteiger partial charge in [-0.15, -0.1) is 12.4 Å². The maximum absolute atomic E-state index is 12.6. The second-order valence-corrected chi connectivity index (χ2v) is 5.97. The van der Waals surface area contributed by atoms with Crippen molar-refractivity contribution in [3.63, 3.8) is 0 Å². The Morgan fingerprint density at radius 2 is 1.52 bits per heavy atom. The van der Waals surface area contributed by atoms with Crippen molar-refractivity contribution in [2.75, 3.05) is 30.8 Å². The number of para-hydroxylation sites is 1. The minimum absolute atomic E-state index is 0. The van der Waals surface area contributed by atoms with Gasteiger partial charge < -0.3 is 20.7 Å². The molecule has 1 saturated heterocycles. The van der Waals surface area contributed by atoms with Crippen LogP contribution >= 0.6 is 12.4 Å². The third-order valence-electron chi connectivity index (χ3n) is 4.42. The number of nitrogens with one attached hydrogen (secondary N) is 3. The summed E-state index contributed by atoms with van der Waals surface area (Å²) in [6.45, 7) is 1.59. The molecule has 25 heavy (non-hydrogen) atoms. The molecule has 2 aromatic rings. The maximum atomic E-state index is 12.6. The minimum Gasteiger partial charge on any atom is -0.368 e.